The quantitative estimate of drug-likeness (QED) is 0.752. The van der Waals surface area contributed by atoms with E-state index in [1.54, 1.807) is 7.11 Å². The molecule has 21 heavy (non-hydrogen) atoms. The van der Waals surface area contributed by atoms with Gasteiger partial charge in [0.15, 0.2) is 0 Å². The minimum Gasteiger partial charge on any atom is -0.383 e. The number of ether oxygens (including phenoxy) is 1. The zero-order valence-corrected chi connectivity index (χ0v) is 13.1. The van der Waals surface area contributed by atoms with Crippen molar-refractivity contribution in [2.24, 2.45) is 23.5 Å². The van der Waals surface area contributed by atoms with Crippen LogP contribution in [0, 0.1) is 17.8 Å². The molecule has 0 aromatic heterocycles. The van der Waals surface area contributed by atoms with E-state index in [-0.39, 0.29) is 17.9 Å². The lowest BCUT2D eigenvalue weighted by Gasteiger charge is -2.29. The minimum absolute atomic E-state index is 0.0672. The summed E-state index contributed by atoms with van der Waals surface area (Å²) in [6.45, 7) is 3.62. The molecule has 120 valence electrons. The maximum atomic E-state index is 12.5. The first-order valence-corrected chi connectivity index (χ1v) is 8.47. The van der Waals surface area contributed by atoms with Crippen LogP contribution in [0.1, 0.15) is 32.1 Å². The smallest absolute Gasteiger partial charge is 0.225 e. The summed E-state index contributed by atoms with van der Waals surface area (Å²) < 4.78 is 5.16. The zero-order valence-electron chi connectivity index (χ0n) is 13.1. The number of carbonyl (C=O) groups is 1. The van der Waals surface area contributed by atoms with Crippen molar-refractivity contribution < 1.29 is 9.53 Å². The van der Waals surface area contributed by atoms with Crippen molar-refractivity contribution in [1.29, 1.82) is 0 Å². The van der Waals surface area contributed by atoms with Crippen molar-refractivity contribution in [3.63, 3.8) is 0 Å². The van der Waals surface area contributed by atoms with E-state index in [1.807, 2.05) is 0 Å². The van der Waals surface area contributed by atoms with Gasteiger partial charge in [-0.1, -0.05) is 0 Å². The van der Waals surface area contributed by atoms with E-state index in [1.165, 1.54) is 32.1 Å². The molecule has 1 saturated heterocycles. The Hall–Kier alpha value is -0.650. The number of carbonyl (C=O) groups excluding carboxylic acids is 1. The largest absolute Gasteiger partial charge is 0.383 e. The number of methoxy groups -OCH3 is 1. The Bertz CT molecular complexity index is 375. The topological polar surface area (TPSA) is 67.6 Å². The fraction of sp³-hybridized carbons (Fsp3) is 0.938. The molecule has 0 radical (unpaired) electrons. The lowest BCUT2D eigenvalue weighted by Crippen LogP contribution is -2.48. The first-order chi connectivity index (χ1) is 10.2. The molecule has 0 aromatic rings. The van der Waals surface area contributed by atoms with Crippen molar-refractivity contribution in [2.75, 3.05) is 33.4 Å². The highest BCUT2D eigenvalue weighted by Crippen LogP contribution is 2.47. The molecule has 0 spiro atoms. The van der Waals surface area contributed by atoms with Crippen molar-refractivity contribution in [3.8, 4) is 0 Å². The molecule has 1 aliphatic heterocycles. The lowest BCUT2D eigenvalue weighted by molar-refractivity contribution is -0.127. The van der Waals surface area contributed by atoms with E-state index in [9.17, 15) is 4.79 Å². The Morgan fingerprint density at radius 1 is 1.33 bits per heavy atom. The number of nitrogens with zero attached hydrogens (tertiary/aromatic N) is 1. The molecule has 3 aliphatic rings. The summed E-state index contributed by atoms with van der Waals surface area (Å²) in [6, 6.07) is 0.566. The first-order valence-electron chi connectivity index (χ1n) is 8.47. The van der Waals surface area contributed by atoms with Crippen molar-refractivity contribution >= 4 is 5.91 Å². The monoisotopic (exact) mass is 295 g/mol. The second kappa shape index (κ2) is 6.63. The number of hydrogen-bond donors (Lipinski definition) is 2. The van der Waals surface area contributed by atoms with E-state index < -0.39 is 0 Å². The van der Waals surface area contributed by atoms with Crippen LogP contribution in [-0.2, 0) is 9.53 Å². The number of hydrogen-bond acceptors (Lipinski definition) is 4. The number of likely N-dealkylation sites (tertiary alicyclic amines) is 1. The molecule has 5 unspecified atom stereocenters. The third-order valence-electron chi connectivity index (χ3n) is 5.88. The van der Waals surface area contributed by atoms with Crippen LogP contribution in [0.3, 0.4) is 0 Å². The molecular weight excluding hydrogens is 266 g/mol. The van der Waals surface area contributed by atoms with Gasteiger partial charge in [-0.15, -0.1) is 0 Å². The Balaban J connectivity index is 1.47. The lowest BCUT2D eigenvalue weighted by atomic mass is 9.84. The maximum Gasteiger partial charge on any atom is 0.225 e. The Labute approximate surface area is 127 Å². The van der Waals surface area contributed by atoms with Crippen LogP contribution in [0.25, 0.3) is 0 Å². The second-order valence-electron chi connectivity index (χ2n) is 7.01. The van der Waals surface area contributed by atoms with Gasteiger partial charge < -0.3 is 15.8 Å². The third-order valence-corrected chi connectivity index (χ3v) is 5.88. The van der Waals surface area contributed by atoms with Crippen molar-refractivity contribution in [1.82, 2.24) is 10.2 Å². The van der Waals surface area contributed by atoms with Gasteiger partial charge in [0.25, 0.3) is 0 Å². The number of nitrogens with two attached hydrogens (primary N) is 1. The SMILES string of the molecule is COCCN1CCCC1CNC(=O)C1C2CCC(C2)C1N. The summed E-state index contributed by atoms with van der Waals surface area (Å²) in [7, 11) is 1.74. The second-order valence-corrected chi connectivity index (χ2v) is 7.01. The van der Waals surface area contributed by atoms with Crippen LogP contribution in [-0.4, -0.2) is 56.2 Å². The normalized spacial score (nSPS) is 39.0. The summed E-state index contributed by atoms with van der Waals surface area (Å²) >= 11 is 0. The highest BCUT2D eigenvalue weighted by molar-refractivity contribution is 5.80. The summed E-state index contributed by atoms with van der Waals surface area (Å²) in [5.74, 6) is 1.40. The molecule has 0 aromatic carbocycles. The molecule has 3 fully saturated rings. The molecule has 3 rings (SSSR count). The van der Waals surface area contributed by atoms with E-state index in [0.717, 1.165) is 26.2 Å². The van der Waals surface area contributed by atoms with Gasteiger partial charge in [-0.3, -0.25) is 9.69 Å². The molecule has 3 N–H and O–H groups in total. The van der Waals surface area contributed by atoms with Crippen molar-refractivity contribution in [2.45, 2.75) is 44.2 Å². The van der Waals surface area contributed by atoms with Crippen molar-refractivity contribution in [3.05, 3.63) is 0 Å². The molecular formula is C16H29N3O2. The van der Waals surface area contributed by atoms with Crippen LogP contribution in [0.4, 0.5) is 0 Å². The fourth-order valence-corrected chi connectivity index (χ4v) is 4.69. The van der Waals surface area contributed by atoms with Gasteiger partial charge in [0.1, 0.15) is 0 Å². The van der Waals surface area contributed by atoms with Gasteiger partial charge in [-0.25, -0.2) is 0 Å². The summed E-state index contributed by atoms with van der Waals surface area (Å²) in [5.41, 5.74) is 6.25. The Morgan fingerprint density at radius 2 is 2.14 bits per heavy atom. The highest BCUT2D eigenvalue weighted by atomic mass is 16.5. The predicted octanol–water partition coefficient (Wildman–Crippen LogP) is 0.587. The van der Waals surface area contributed by atoms with Gasteiger partial charge in [0.05, 0.1) is 12.5 Å². The minimum atomic E-state index is 0.0672. The van der Waals surface area contributed by atoms with Crippen LogP contribution in [0.15, 0.2) is 0 Å². The predicted molar refractivity (Wildman–Crippen MR) is 81.8 cm³/mol. The number of fused-ring (bicyclic) bond motifs is 2. The molecule has 2 aliphatic carbocycles. The van der Waals surface area contributed by atoms with Gasteiger partial charge in [0, 0.05) is 32.3 Å². The molecule has 5 nitrogen and oxygen atoms in total. The zero-order chi connectivity index (χ0) is 14.8. The van der Waals surface area contributed by atoms with Crippen LogP contribution in [0.5, 0.6) is 0 Å². The molecule has 2 saturated carbocycles. The van der Waals surface area contributed by atoms with E-state index in [0.29, 0.717) is 17.9 Å². The molecule has 1 heterocycles. The highest BCUT2D eigenvalue weighted by Gasteiger charge is 2.49. The molecule has 5 atom stereocenters. The molecule has 1 amide bonds. The first kappa shape index (κ1) is 15.3. The van der Waals surface area contributed by atoms with Gasteiger partial charge >= 0.3 is 0 Å². The van der Waals surface area contributed by atoms with E-state index >= 15 is 0 Å². The third kappa shape index (κ3) is 3.10. The standard InChI is InChI=1S/C16H29N3O2/c1-21-8-7-19-6-2-3-13(19)10-18-16(20)14-11-4-5-12(9-11)15(14)17/h11-15H,2-10,17H2,1H3,(H,18,20). The van der Waals surface area contributed by atoms with E-state index in [4.69, 9.17) is 10.5 Å². The number of nitrogens with one attached hydrogen (secondary N) is 1. The van der Waals surface area contributed by atoms with Crippen LogP contribution < -0.4 is 11.1 Å². The summed E-state index contributed by atoms with van der Waals surface area (Å²) in [4.78, 5) is 14.9. The van der Waals surface area contributed by atoms with Crippen LogP contribution >= 0.6 is 0 Å². The molecule has 5 heteroatoms. The number of rotatable bonds is 6. The summed E-state index contributed by atoms with van der Waals surface area (Å²) in [5, 5.41) is 3.19. The van der Waals surface area contributed by atoms with Gasteiger partial charge in [-0.2, -0.15) is 0 Å². The Morgan fingerprint density at radius 3 is 2.86 bits per heavy atom. The maximum absolute atomic E-state index is 12.5. The average molecular weight is 295 g/mol. The van der Waals surface area contributed by atoms with Crippen LogP contribution in [0.2, 0.25) is 0 Å². The fourth-order valence-electron chi connectivity index (χ4n) is 4.69. The molecule has 2 bridgehead atoms. The van der Waals surface area contributed by atoms with E-state index in [2.05, 4.69) is 10.2 Å². The van der Waals surface area contributed by atoms with Gasteiger partial charge in [-0.05, 0) is 50.5 Å². The Kier molecular flexibility index (Phi) is 4.82. The average Bonchev–Trinajstić information content (AvgIpc) is 3.18. The summed E-state index contributed by atoms with van der Waals surface area (Å²) in [6.07, 6.45) is 5.98. The van der Waals surface area contributed by atoms with Gasteiger partial charge in [0.2, 0.25) is 5.91 Å². The number of amides is 1.